The molecule has 1 rings (SSSR count). The summed E-state index contributed by atoms with van der Waals surface area (Å²) in [6, 6.07) is 4.75. The number of alkyl halides is 2. The first kappa shape index (κ1) is 17.0. The fourth-order valence-electron chi connectivity index (χ4n) is 1.55. The fraction of sp³-hybridized carbons (Fsp3) is 0.571. The van der Waals surface area contributed by atoms with Gasteiger partial charge in [0.15, 0.2) is 0 Å². The van der Waals surface area contributed by atoms with Gasteiger partial charge in [0.05, 0.1) is 5.69 Å². The number of rotatable bonds is 5. The summed E-state index contributed by atoms with van der Waals surface area (Å²) in [5.74, 6) is 0.0330. The maximum absolute atomic E-state index is 12.5. The summed E-state index contributed by atoms with van der Waals surface area (Å²) >= 11 is 0. The fourth-order valence-corrected chi connectivity index (χ4v) is 2.41. The van der Waals surface area contributed by atoms with Crippen LogP contribution >= 0.6 is 7.14 Å². The highest BCUT2D eigenvalue weighted by molar-refractivity contribution is 7.70. The lowest BCUT2D eigenvalue weighted by atomic mass is 9.97. The Labute approximate surface area is 119 Å². The van der Waals surface area contributed by atoms with Gasteiger partial charge in [-0.25, -0.2) is 0 Å². The Morgan fingerprint density at radius 2 is 1.90 bits per heavy atom. The zero-order valence-electron chi connectivity index (χ0n) is 12.5. The predicted octanol–water partition coefficient (Wildman–Crippen LogP) is 3.99. The topological polar surface area (TPSA) is 38.3 Å². The number of hydrogen-bond acceptors (Lipinski definition) is 3. The summed E-state index contributed by atoms with van der Waals surface area (Å²) in [5, 5.41) is 3.61. The normalized spacial score (nSPS) is 12.6. The monoisotopic (exact) mass is 305 g/mol. The first-order valence-corrected chi connectivity index (χ1v) is 8.97. The van der Waals surface area contributed by atoms with Crippen LogP contribution in [0.25, 0.3) is 0 Å². The zero-order chi connectivity index (χ0) is 15.6. The van der Waals surface area contributed by atoms with Gasteiger partial charge in [-0.1, -0.05) is 20.8 Å². The lowest BCUT2D eigenvalue weighted by molar-refractivity contribution is -0.0493. The van der Waals surface area contributed by atoms with E-state index in [1.165, 1.54) is 6.07 Å². The van der Waals surface area contributed by atoms with Crippen LogP contribution in [0.1, 0.15) is 20.8 Å². The van der Waals surface area contributed by atoms with Gasteiger partial charge >= 0.3 is 6.61 Å². The van der Waals surface area contributed by atoms with Crippen molar-refractivity contribution in [2.24, 2.45) is 5.41 Å². The van der Waals surface area contributed by atoms with Crippen molar-refractivity contribution < 1.29 is 18.1 Å². The first-order chi connectivity index (χ1) is 8.99. The number of halogens is 2. The van der Waals surface area contributed by atoms with Gasteiger partial charge in [0.2, 0.25) is 0 Å². The third-order valence-corrected chi connectivity index (χ3v) is 4.13. The van der Waals surface area contributed by atoms with E-state index in [2.05, 4.69) is 10.1 Å². The Balaban J connectivity index is 3.07. The van der Waals surface area contributed by atoms with E-state index in [4.69, 9.17) is 0 Å². The number of nitrogens with one attached hydrogen (secondary N) is 1. The van der Waals surface area contributed by atoms with E-state index in [0.717, 1.165) is 0 Å². The highest BCUT2D eigenvalue weighted by atomic mass is 31.2. The highest BCUT2D eigenvalue weighted by Gasteiger charge is 2.18. The molecule has 3 nitrogen and oxygen atoms in total. The molecule has 0 radical (unpaired) electrons. The van der Waals surface area contributed by atoms with E-state index in [9.17, 15) is 13.3 Å². The van der Waals surface area contributed by atoms with E-state index in [1.807, 2.05) is 20.8 Å². The predicted molar refractivity (Wildman–Crippen MR) is 80.1 cm³/mol. The van der Waals surface area contributed by atoms with Gasteiger partial charge in [0, 0.05) is 11.8 Å². The maximum Gasteiger partial charge on any atom is 0.387 e. The van der Waals surface area contributed by atoms with Gasteiger partial charge in [-0.05, 0) is 36.9 Å². The van der Waals surface area contributed by atoms with Crippen molar-refractivity contribution in [3.63, 3.8) is 0 Å². The summed E-state index contributed by atoms with van der Waals surface area (Å²) in [6.45, 7) is 7.00. The van der Waals surface area contributed by atoms with Crippen molar-refractivity contribution in [1.29, 1.82) is 0 Å². The van der Waals surface area contributed by atoms with E-state index >= 15 is 0 Å². The molecular weight excluding hydrogens is 283 g/mol. The molecule has 1 aromatic rings. The largest absolute Gasteiger partial charge is 0.433 e. The minimum atomic E-state index is -2.91. The molecule has 0 fully saturated rings. The van der Waals surface area contributed by atoms with Gasteiger partial charge in [-0.15, -0.1) is 0 Å². The molecule has 0 unspecified atom stereocenters. The Morgan fingerprint density at radius 1 is 1.30 bits per heavy atom. The van der Waals surface area contributed by atoms with Gasteiger partial charge in [-0.2, -0.15) is 8.78 Å². The van der Waals surface area contributed by atoms with Crippen LogP contribution in [-0.4, -0.2) is 26.5 Å². The third-order valence-electron chi connectivity index (χ3n) is 2.61. The van der Waals surface area contributed by atoms with Crippen molar-refractivity contribution in [2.75, 3.05) is 25.2 Å². The Morgan fingerprint density at radius 3 is 2.35 bits per heavy atom. The molecule has 0 saturated heterocycles. The molecule has 0 aliphatic rings. The molecule has 0 aliphatic carbocycles. The van der Waals surface area contributed by atoms with Crippen molar-refractivity contribution in [1.82, 2.24) is 0 Å². The molecule has 6 heteroatoms. The quantitative estimate of drug-likeness (QED) is 0.836. The average molecular weight is 305 g/mol. The smallest absolute Gasteiger partial charge is 0.387 e. The highest BCUT2D eigenvalue weighted by Crippen LogP contribution is 2.38. The summed E-state index contributed by atoms with van der Waals surface area (Å²) in [5.41, 5.74) is 0.489. The SMILES string of the molecule is CC(C)(C)CNc1ccc(P(C)(C)=O)cc1OC(F)F. The average Bonchev–Trinajstić information content (AvgIpc) is 2.24. The van der Waals surface area contributed by atoms with Crippen LogP contribution in [0.15, 0.2) is 18.2 Å². The van der Waals surface area contributed by atoms with Crippen LogP contribution in [0.4, 0.5) is 14.5 Å². The second kappa shape index (κ2) is 6.13. The molecule has 0 aliphatic heterocycles. The molecule has 0 saturated carbocycles. The minimum absolute atomic E-state index is 0.00553. The van der Waals surface area contributed by atoms with Gasteiger partial charge in [-0.3, -0.25) is 0 Å². The van der Waals surface area contributed by atoms with E-state index in [0.29, 0.717) is 17.5 Å². The van der Waals surface area contributed by atoms with Crippen LogP contribution < -0.4 is 15.4 Å². The molecule has 0 spiro atoms. The van der Waals surface area contributed by atoms with Crippen LogP contribution in [0.3, 0.4) is 0 Å². The zero-order valence-corrected chi connectivity index (χ0v) is 13.4. The number of ether oxygens (including phenoxy) is 1. The van der Waals surface area contributed by atoms with Crippen molar-refractivity contribution in [3.05, 3.63) is 18.2 Å². The molecule has 20 heavy (non-hydrogen) atoms. The van der Waals surface area contributed by atoms with Crippen molar-refractivity contribution in [2.45, 2.75) is 27.4 Å². The Kier molecular flexibility index (Phi) is 5.20. The number of hydrogen-bond donors (Lipinski definition) is 1. The van der Waals surface area contributed by atoms with Crippen LogP contribution in [0.2, 0.25) is 0 Å². The number of benzene rings is 1. The second-order valence-electron chi connectivity index (χ2n) is 6.32. The Hall–Kier alpha value is -1.09. The first-order valence-electron chi connectivity index (χ1n) is 6.37. The lowest BCUT2D eigenvalue weighted by Gasteiger charge is -2.22. The molecule has 0 aromatic heterocycles. The molecule has 1 N–H and O–H groups in total. The minimum Gasteiger partial charge on any atom is -0.433 e. The third kappa shape index (κ3) is 5.49. The lowest BCUT2D eigenvalue weighted by Crippen LogP contribution is -2.20. The van der Waals surface area contributed by atoms with Gasteiger partial charge in [0.25, 0.3) is 0 Å². The van der Waals surface area contributed by atoms with Crippen LogP contribution in [0.5, 0.6) is 5.75 Å². The molecule has 1 aromatic carbocycles. The molecule has 0 atom stereocenters. The molecule has 0 bridgehead atoms. The summed E-state index contributed by atoms with van der Waals surface area (Å²) in [7, 11) is -2.51. The van der Waals surface area contributed by atoms with Crippen molar-refractivity contribution >= 4 is 18.1 Å². The summed E-state index contributed by atoms with van der Waals surface area (Å²) in [4.78, 5) is 0. The Bertz CT molecular complexity index is 506. The standard InChI is InChI=1S/C14H22F2NO2P/c1-14(2,3)9-17-11-7-6-10(20(4,5)18)8-12(11)19-13(15)16/h6-8,13,17H,9H2,1-5H3. The van der Waals surface area contributed by atoms with Gasteiger partial charge < -0.3 is 14.6 Å². The van der Waals surface area contributed by atoms with Crippen LogP contribution in [-0.2, 0) is 4.57 Å². The molecule has 114 valence electrons. The molecular formula is C14H22F2NO2P. The van der Waals surface area contributed by atoms with E-state index < -0.39 is 13.8 Å². The van der Waals surface area contributed by atoms with E-state index in [-0.39, 0.29) is 11.2 Å². The van der Waals surface area contributed by atoms with Crippen LogP contribution in [0, 0.1) is 5.41 Å². The van der Waals surface area contributed by atoms with Crippen molar-refractivity contribution in [3.8, 4) is 5.75 Å². The maximum atomic E-state index is 12.5. The summed E-state index contributed by atoms with van der Waals surface area (Å²) in [6.07, 6.45) is 0. The van der Waals surface area contributed by atoms with E-state index in [1.54, 1.807) is 25.5 Å². The molecule has 0 heterocycles. The second-order valence-corrected chi connectivity index (χ2v) is 9.54. The molecule has 0 amide bonds. The van der Waals surface area contributed by atoms with Gasteiger partial charge in [0.1, 0.15) is 12.9 Å². The summed E-state index contributed by atoms with van der Waals surface area (Å²) < 4.78 is 41.5. The number of anilines is 1.